The van der Waals surface area contributed by atoms with E-state index in [-0.39, 0.29) is 0 Å². The van der Waals surface area contributed by atoms with Crippen molar-refractivity contribution < 1.29 is 4.74 Å². The maximum absolute atomic E-state index is 5.43. The molecule has 0 unspecified atom stereocenters. The Labute approximate surface area is 117 Å². The first-order valence-corrected chi connectivity index (χ1v) is 7.47. The number of ether oxygens (including phenoxy) is 1. The second-order valence-electron chi connectivity index (χ2n) is 4.95. The SMILES string of the molecule is CCc1ccc2c(sc3c(C)c(OC)ccc32)c1C. The summed E-state index contributed by atoms with van der Waals surface area (Å²) < 4.78 is 8.21. The van der Waals surface area contributed by atoms with Crippen LogP contribution in [0.15, 0.2) is 24.3 Å². The van der Waals surface area contributed by atoms with Crippen LogP contribution in [0, 0.1) is 13.8 Å². The van der Waals surface area contributed by atoms with Gasteiger partial charge in [-0.2, -0.15) is 0 Å². The van der Waals surface area contributed by atoms with Gasteiger partial charge in [0.1, 0.15) is 5.75 Å². The van der Waals surface area contributed by atoms with Gasteiger partial charge in [-0.05, 0) is 43.5 Å². The number of methoxy groups -OCH3 is 1. The average molecular weight is 270 g/mol. The Kier molecular flexibility index (Phi) is 2.98. The van der Waals surface area contributed by atoms with E-state index in [1.165, 1.54) is 36.9 Å². The Bertz CT molecular complexity index is 704. The van der Waals surface area contributed by atoms with E-state index in [0.29, 0.717) is 0 Å². The molecular formula is C17H18OS. The molecule has 0 N–H and O–H groups in total. The summed E-state index contributed by atoms with van der Waals surface area (Å²) in [5.74, 6) is 0.979. The molecule has 2 aromatic carbocycles. The molecule has 1 nitrogen and oxygen atoms in total. The predicted molar refractivity (Wildman–Crippen MR) is 84.7 cm³/mol. The van der Waals surface area contributed by atoms with E-state index in [1.54, 1.807) is 7.11 Å². The fourth-order valence-corrected chi connectivity index (χ4v) is 4.12. The second-order valence-corrected chi connectivity index (χ2v) is 5.97. The van der Waals surface area contributed by atoms with Crippen LogP contribution >= 0.6 is 11.3 Å². The normalized spacial score (nSPS) is 11.4. The Morgan fingerprint density at radius 2 is 1.58 bits per heavy atom. The molecule has 0 saturated heterocycles. The molecule has 0 bridgehead atoms. The number of hydrogen-bond acceptors (Lipinski definition) is 2. The molecular weight excluding hydrogens is 252 g/mol. The van der Waals surface area contributed by atoms with Crippen LogP contribution in [-0.2, 0) is 6.42 Å². The molecule has 0 saturated carbocycles. The zero-order chi connectivity index (χ0) is 13.6. The van der Waals surface area contributed by atoms with Gasteiger partial charge in [0.2, 0.25) is 0 Å². The summed E-state index contributed by atoms with van der Waals surface area (Å²) in [6.07, 6.45) is 1.10. The maximum atomic E-state index is 5.43. The van der Waals surface area contributed by atoms with E-state index in [4.69, 9.17) is 4.74 Å². The first-order chi connectivity index (χ1) is 9.17. The minimum absolute atomic E-state index is 0.979. The third kappa shape index (κ3) is 1.74. The minimum Gasteiger partial charge on any atom is -0.496 e. The van der Waals surface area contributed by atoms with Crippen molar-refractivity contribution in [2.45, 2.75) is 27.2 Å². The lowest BCUT2D eigenvalue weighted by atomic mass is 10.0. The number of rotatable bonds is 2. The molecule has 1 heterocycles. The van der Waals surface area contributed by atoms with E-state index in [0.717, 1.165) is 12.2 Å². The maximum Gasteiger partial charge on any atom is 0.123 e. The highest BCUT2D eigenvalue weighted by atomic mass is 32.1. The van der Waals surface area contributed by atoms with Crippen LogP contribution in [-0.4, -0.2) is 7.11 Å². The smallest absolute Gasteiger partial charge is 0.123 e. The van der Waals surface area contributed by atoms with Gasteiger partial charge in [-0.25, -0.2) is 0 Å². The van der Waals surface area contributed by atoms with Crippen molar-refractivity contribution >= 4 is 31.5 Å². The van der Waals surface area contributed by atoms with Gasteiger partial charge in [-0.1, -0.05) is 19.1 Å². The van der Waals surface area contributed by atoms with E-state index in [9.17, 15) is 0 Å². The molecule has 0 aliphatic heterocycles. The molecule has 0 aliphatic rings. The molecule has 0 aliphatic carbocycles. The fourth-order valence-electron chi connectivity index (χ4n) is 2.80. The van der Waals surface area contributed by atoms with Gasteiger partial charge in [0.05, 0.1) is 7.11 Å². The monoisotopic (exact) mass is 270 g/mol. The summed E-state index contributed by atoms with van der Waals surface area (Å²) in [5.41, 5.74) is 4.13. The summed E-state index contributed by atoms with van der Waals surface area (Å²) in [6, 6.07) is 8.80. The molecule has 0 spiro atoms. The zero-order valence-corrected chi connectivity index (χ0v) is 12.6. The first-order valence-electron chi connectivity index (χ1n) is 6.65. The van der Waals surface area contributed by atoms with Crippen LogP contribution in [0.4, 0.5) is 0 Å². The highest BCUT2D eigenvalue weighted by Crippen LogP contribution is 2.40. The lowest BCUT2D eigenvalue weighted by Gasteiger charge is -2.04. The summed E-state index contributed by atoms with van der Waals surface area (Å²) >= 11 is 1.89. The van der Waals surface area contributed by atoms with Crippen LogP contribution in [0.2, 0.25) is 0 Å². The van der Waals surface area contributed by atoms with Crippen molar-refractivity contribution in [3.05, 3.63) is 41.0 Å². The zero-order valence-electron chi connectivity index (χ0n) is 11.8. The quantitative estimate of drug-likeness (QED) is 0.618. The van der Waals surface area contributed by atoms with Gasteiger partial charge in [0.25, 0.3) is 0 Å². The van der Waals surface area contributed by atoms with Gasteiger partial charge in [-0.3, -0.25) is 0 Å². The van der Waals surface area contributed by atoms with Gasteiger partial charge < -0.3 is 4.74 Å². The van der Waals surface area contributed by atoms with Gasteiger partial charge in [0.15, 0.2) is 0 Å². The Hall–Kier alpha value is -1.54. The Morgan fingerprint density at radius 3 is 2.21 bits per heavy atom. The van der Waals surface area contributed by atoms with Gasteiger partial charge >= 0.3 is 0 Å². The highest BCUT2D eigenvalue weighted by molar-refractivity contribution is 7.26. The number of benzene rings is 2. The second kappa shape index (κ2) is 4.53. The number of hydrogen-bond donors (Lipinski definition) is 0. The van der Waals surface area contributed by atoms with E-state index in [1.807, 2.05) is 11.3 Å². The van der Waals surface area contributed by atoms with Crippen LogP contribution in [0.25, 0.3) is 20.2 Å². The molecule has 19 heavy (non-hydrogen) atoms. The Balaban J connectivity index is 2.44. The Morgan fingerprint density at radius 1 is 0.947 bits per heavy atom. The minimum atomic E-state index is 0.979. The molecule has 3 aromatic rings. The summed E-state index contributed by atoms with van der Waals surface area (Å²) in [7, 11) is 1.74. The molecule has 3 rings (SSSR count). The van der Waals surface area contributed by atoms with E-state index < -0.39 is 0 Å². The van der Waals surface area contributed by atoms with Crippen molar-refractivity contribution in [1.29, 1.82) is 0 Å². The average Bonchev–Trinajstić information content (AvgIpc) is 2.80. The van der Waals surface area contributed by atoms with E-state index >= 15 is 0 Å². The fraction of sp³-hybridized carbons (Fsp3) is 0.294. The molecule has 0 radical (unpaired) electrons. The summed E-state index contributed by atoms with van der Waals surface area (Å²) in [6.45, 7) is 6.60. The summed E-state index contributed by atoms with van der Waals surface area (Å²) in [4.78, 5) is 0. The van der Waals surface area contributed by atoms with Crippen LogP contribution < -0.4 is 4.74 Å². The lowest BCUT2D eigenvalue weighted by Crippen LogP contribution is -1.86. The van der Waals surface area contributed by atoms with Crippen LogP contribution in [0.3, 0.4) is 0 Å². The predicted octanol–water partition coefficient (Wildman–Crippen LogP) is 5.24. The molecule has 1 aromatic heterocycles. The highest BCUT2D eigenvalue weighted by Gasteiger charge is 2.12. The first kappa shape index (κ1) is 12.5. The van der Waals surface area contributed by atoms with Gasteiger partial charge in [-0.15, -0.1) is 11.3 Å². The molecule has 0 atom stereocenters. The van der Waals surface area contributed by atoms with Crippen molar-refractivity contribution in [2.24, 2.45) is 0 Å². The van der Waals surface area contributed by atoms with Crippen molar-refractivity contribution in [3.63, 3.8) is 0 Å². The van der Waals surface area contributed by atoms with Crippen LogP contribution in [0.5, 0.6) is 5.75 Å². The topological polar surface area (TPSA) is 9.23 Å². The van der Waals surface area contributed by atoms with Crippen molar-refractivity contribution in [3.8, 4) is 5.75 Å². The molecule has 2 heteroatoms. The summed E-state index contributed by atoms with van der Waals surface area (Å²) in [5, 5.41) is 2.73. The van der Waals surface area contributed by atoms with Gasteiger partial charge in [0, 0.05) is 25.7 Å². The lowest BCUT2D eigenvalue weighted by molar-refractivity contribution is 0.412. The standard InChI is InChI=1S/C17H18OS/c1-5-12-6-7-13-14-8-9-15(18-4)11(3)17(14)19-16(13)10(12)2/h6-9H,5H2,1-4H3. The third-order valence-electron chi connectivity index (χ3n) is 3.97. The molecule has 0 amide bonds. The van der Waals surface area contributed by atoms with Crippen molar-refractivity contribution in [2.75, 3.05) is 7.11 Å². The molecule has 98 valence electrons. The molecule has 0 fully saturated rings. The largest absolute Gasteiger partial charge is 0.496 e. The number of fused-ring (bicyclic) bond motifs is 3. The van der Waals surface area contributed by atoms with Crippen LogP contribution in [0.1, 0.15) is 23.6 Å². The number of thiophene rings is 1. The third-order valence-corrected chi connectivity index (χ3v) is 5.43. The van der Waals surface area contributed by atoms with E-state index in [2.05, 4.69) is 45.0 Å². The van der Waals surface area contributed by atoms with Crippen molar-refractivity contribution in [1.82, 2.24) is 0 Å². The number of aryl methyl sites for hydroxylation is 3.